The lowest BCUT2D eigenvalue weighted by atomic mass is 10.1. The van der Waals surface area contributed by atoms with Crippen LogP contribution in [0.3, 0.4) is 0 Å². The number of benzene rings is 2. The van der Waals surface area contributed by atoms with Gasteiger partial charge in [-0.15, -0.1) is 0 Å². The van der Waals surface area contributed by atoms with Crippen LogP contribution in [0.1, 0.15) is 0 Å². The summed E-state index contributed by atoms with van der Waals surface area (Å²) in [6, 6.07) is 6.45. The molecule has 18 heavy (non-hydrogen) atoms. The van der Waals surface area contributed by atoms with Crippen LogP contribution >= 0.6 is 58.0 Å². The van der Waals surface area contributed by atoms with E-state index in [2.05, 4.69) is 0 Å². The zero-order valence-electron chi connectivity index (χ0n) is 8.65. The largest absolute Gasteiger partial charge is 0.505 e. The van der Waals surface area contributed by atoms with Gasteiger partial charge < -0.3 is 5.11 Å². The predicted octanol–water partition coefficient (Wildman–Crippen LogP) is 6.33. The van der Waals surface area contributed by atoms with E-state index in [9.17, 15) is 5.11 Å². The van der Waals surface area contributed by atoms with E-state index in [-0.39, 0.29) is 25.8 Å². The summed E-state index contributed by atoms with van der Waals surface area (Å²) in [5.74, 6) is -0.196. The molecular formula is C12H5Cl5O. The van der Waals surface area contributed by atoms with E-state index in [0.717, 1.165) is 0 Å². The van der Waals surface area contributed by atoms with E-state index in [1.807, 2.05) is 0 Å². The second kappa shape index (κ2) is 5.36. The van der Waals surface area contributed by atoms with Crippen molar-refractivity contribution in [2.75, 3.05) is 0 Å². The van der Waals surface area contributed by atoms with Gasteiger partial charge >= 0.3 is 0 Å². The molecule has 0 saturated carbocycles. The van der Waals surface area contributed by atoms with Crippen molar-refractivity contribution in [3.8, 4) is 16.9 Å². The maximum Gasteiger partial charge on any atom is 0.153 e. The van der Waals surface area contributed by atoms with E-state index in [0.29, 0.717) is 16.1 Å². The summed E-state index contributed by atoms with van der Waals surface area (Å²) >= 11 is 29.7. The highest BCUT2D eigenvalue weighted by atomic mass is 35.5. The van der Waals surface area contributed by atoms with E-state index in [1.54, 1.807) is 18.2 Å². The van der Waals surface area contributed by atoms with Crippen LogP contribution in [0.15, 0.2) is 24.3 Å². The van der Waals surface area contributed by atoms with Gasteiger partial charge in [0.05, 0.1) is 25.1 Å². The summed E-state index contributed by atoms with van der Waals surface area (Å²) in [6.07, 6.45) is 0. The minimum Gasteiger partial charge on any atom is -0.505 e. The number of halogens is 5. The van der Waals surface area contributed by atoms with Gasteiger partial charge in [-0.1, -0.05) is 70.1 Å². The minimum absolute atomic E-state index is 0.114. The highest BCUT2D eigenvalue weighted by Gasteiger charge is 2.16. The van der Waals surface area contributed by atoms with Crippen molar-refractivity contribution in [1.29, 1.82) is 0 Å². The second-order valence-electron chi connectivity index (χ2n) is 3.48. The zero-order valence-corrected chi connectivity index (χ0v) is 12.4. The van der Waals surface area contributed by atoms with Crippen LogP contribution < -0.4 is 0 Å². The fourth-order valence-electron chi connectivity index (χ4n) is 1.48. The molecule has 0 saturated heterocycles. The molecule has 0 aromatic heterocycles. The molecule has 0 atom stereocenters. The SMILES string of the molecule is Oc1c(Cl)ccc(-c2ccc(Cl)c(Cl)c2Cl)c1Cl. The Balaban J connectivity index is 2.71. The molecule has 2 aromatic rings. The molecular weight excluding hydrogens is 337 g/mol. The van der Waals surface area contributed by atoms with Crippen LogP contribution in [-0.4, -0.2) is 5.11 Å². The third-order valence-electron chi connectivity index (χ3n) is 2.39. The first-order valence-electron chi connectivity index (χ1n) is 4.74. The van der Waals surface area contributed by atoms with E-state index in [4.69, 9.17) is 58.0 Å². The average Bonchev–Trinajstić information content (AvgIpc) is 2.35. The number of rotatable bonds is 1. The van der Waals surface area contributed by atoms with E-state index in [1.165, 1.54) is 6.07 Å². The summed E-state index contributed by atoms with van der Waals surface area (Å²) < 4.78 is 0. The summed E-state index contributed by atoms with van der Waals surface area (Å²) in [7, 11) is 0. The summed E-state index contributed by atoms with van der Waals surface area (Å²) in [5, 5.41) is 10.8. The first-order chi connectivity index (χ1) is 8.43. The van der Waals surface area contributed by atoms with Gasteiger partial charge in [-0.2, -0.15) is 0 Å². The third-order valence-corrected chi connectivity index (χ3v) is 4.37. The van der Waals surface area contributed by atoms with Crippen LogP contribution in [-0.2, 0) is 0 Å². The predicted molar refractivity (Wildman–Crippen MR) is 78.6 cm³/mol. The quantitative estimate of drug-likeness (QED) is 0.601. The third kappa shape index (κ3) is 2.38. The minimum atomic E-state index is -0.196. The van der Waals surface area contributed by atoms with Crippen LogP contribution in [0.4, 0.5) is 0 Å². The molecule has 1 nitrogen and oxygen atoms in total. The summed E-state index contributed by atoms with van der Waals surface area (Å²) in [6.45, 7) is 0. The molecule has 94 valence electrons. The number of hydrogen-bond donors (Lipinski definition) is 1. The Morgan fingerprint density at radius 3 is 1.72 bits per heavy atom. The van der Waals surface area contributed by atoms with Crippen molar-refractivity contribution in [1.82, 2.24) is 0 Å². The van der Waals surface area contributed by atoms with Gasteiger partial charge in [0, 0.05) is 11.1 Å². The number of aromatic hydroxyl groups is 1. The normalized spacial score (nSPS) is 10.7. The number of phenols is 1. The molecule has 0 heterocycles. The Bertz CT molecular complexity index is 569. The standard InChI is InChI=1S/C12H5Cl5O/c13-7-3-1-5(9(15)11(7)17)6-2-4-8(14)12(18)10(6)16/h1-4,18H. The van der Waals surface area contributed by atoms with Gasteiger partial charge in [-0.3, -0.25) is 0 Å². The van der Waals surface area contributed by atoms with Crippen molar-refractivity contribution in [2.24, 2.45) is 0 Å². The maximum atomic E-state index is 9.70. The van der Waals surface area contributed by atoms with E-state index < -0.39 is 0 Å². The number of hydrogen-bond acceptors (Lipinski definition) is 1. The molecule has 0 fully saturated rings. The Hall–Kier alpha value is -0.310. The summed E-state index contributed by atoms with van der Waals surface area (Å²) in [5.41, 5.74) is 1.10. The zero-order chi connectivity index (χ0) is 13.4. The molecule has 0 aliphatic carbocycles. The highest BCUT2D eigenvalue weighted by Crippen LogP contribution is 2.44. The Morgan fingerprint density at radius 1 is 0.611 bits per heavy atom. The topological polar surface area (TPSA) is 20.2 Å². The lowest BCUT2D eigenvalue weighted by Crippen LogP contribution is -1.84. The molecule has 0 radical (unpaired) electrons. The Kier molecular flexibility index (Phi) is 4.20. The van der Waals surface area contributed by atoms with E-state index >= 15 is 0 Å². The smallest absolute Gasteiger partial charge is 0.153 e. The molecule has 0 spiro atoms. The van der Waals surface area contributed by atoms with Gasteiger partial charge in [-0.05, 0) is 12.1 Å². The fraction of sp³-hybridized carbons (Fsp3) is 0. The molecule has 0 bridgehead atoms. The molecule has 0 aliphatic rings. The van der Waals surface area contributed by atoms with Crippen LogP contribution in [0.2, 0.25) is 25.1 Å². The van der Waals surface area contributed by atoms with Gasteiger partial charge in [0.2, 0.25) is 0 Å². The monoisotopic (exact) mass is 340 g/mol. The molecule has 2 aromatic carbocycles. The van der Waals surface area contributed by atoms with Crippen LogP contribution in [0.25, 0.3) is 11.1 Å². The van der Waals surface area contributed by atoms with Crippen molar-refractivity contribution >= 4 is 58.0 Å². The highest BCUT2D eigenvalue weighted by molar-refractivity contribution is 6.49. The maximum absolute atomic E-state index is 9.70. The van der Waals surface area contributed by atoms with Crippen molar-refractivity contribution in [3.63, 3.8) is 0 Å². The van der Waals surface area contributed by atoms with Gasteiger partial charge in [-0.25, -0.2) is 0 Å². The first-order valence-corrected chi connectivity index (χ1v) is 6.63. The molecule has 0 amide bonds. The van der Waals surface area contributed by atoms with Crippen molar-refractivity contribution in [2.45, 2.75) is 0 Å². The average molecular weight is 342 g/mol. The van der Waals surface area contributed by atoms with Crippen LogP contribution in [0, 0.1) is 0 Å². The summed E-state index contributed by atoms with van der Waals surface area (Å²) in [4.78, 5) is 0. The van der Waals surface area contributed by atoms with Crippen LogP contribution in [0.5, 0.6) is 5.75 Å². The van der Waals surface area contributed by atoms with Crippen molar-refractivity contribution in [3.05, 3.63) is 49.4 Å². The molecule has 6 heteroatoms. The lowest BCUT2D eigenvalue weighted by molar-refractivity contribution is 0.476. The Labute approximate surface area is 129 Å². The Morgan fingerprint density at radius 2 is 1.11 bits per heavy atom. The molecule has 2 rings (SSSR count). The van der Waals surface area contributed by atoms with Gasteiger partial charge in [0.15, 0.2) is 5.75 Å². The van der Waals surface area contributed by atoms with Gasteiger partial charge in [0.25, 0.3) is 0 Å². The first kappa shape index (κ1) is 14.1. The lowest BCUT2D eigenvalue weighted by Gasteiger charge is -2.11. The second-order valence-corrected chi connectivity index (χ2v) is 5.43. The molecule has 0 aliphatic heterocycles. The molecule has 0 unspecified atom stereocenters. The fourth-order valence-corrected chi connectivity index (χ4v) is 2.59. The van der Waals surface area contributed by atoms with Crippen molar-refractivity contribution < 1.29 is 5.11 Å². The molecule has 1 N–H and O–H groups in total. The van der Waals surface area contributed by atoms with Gasteiger partial charge in [0.1, 0.15) is 0 Å². The number of phenolic OH excluding ortho intramolecular Hbond substituents is 1.